The first-order valence-electron chi connectivity index (χ1n) is 7.10. The summed E-state index contributed by atoms with van der Waals surface area (Å²) in [6.07, 6.45) is 1.58. The third-order valence-corrected chi connectivity index (χ3v) is 3.49. The molecule has 0 radical (unpaired) electrons. The number of aromatic nitrogens is 2. The molecule has 0 fully saturated rings. The fraction of sp³-hybridized carbons (Fsp3) is 0.312. The monoisotopic (exact) mass is 362 g/mol. The third-order valence-electron chi connectivity index (χ3n) is 2.99. The minimum atomic E-state index is -0.250. The van der Waals surface area contributed by atoms with Crippen molar-refractivity contribution in [3.8, 4) is 0 Å². The highest BCUT2D eigenvalue weighted by molar-refractivity contribution is 9.10. The third kappa shape index (κ3) is 4.53. The van der Waals surface area contributed by atoms with Crippen LogP contribution >= 0.6 is 15.9 Å². The highest BCUT2D eigenvalue weighted by Crippen LogP contribution is 2.20. The average molecular weight is 363 g/mol. The van der Waals surface area contributed by atoms with Gasteiger partial charge in [0.25, 0.3) is 5.91 Å². The molecule has 0 atom stereocenters. The molecule has 0 spiro atoms. The number of carbonyl (C=O) groups is 1. The number of carbonyl (C=O) groups excluding carboxylic acids is 1. The van der Waals surface area contributed by atoms with E-state index in [1.807, 2.05) is 25.1 Å². The maximum Gasteiger partial charge on any atom is 0.274 e. The lowest BCUT2D eigenvalue weighted by atomic mass is 10.2. The van der Waals surface area contributed by atoms with Crippen LogP contribution in [-0.2, 0) is 0 Å². The molecule has 0 aliphatic heterocycles. The molecule has 2 aromatic rings. The molecule has 22 heavy (non-hydrogen) atoms. The molecule has 0 bridgehead atoms. The number of nitrogens with zero attached hydrogens (tertiary/aromatic N) is 2. The second-order valence-electron chi connectivity index (χ2n) is 5.45. The number of nitrogens with one attached hydrogen (secondary N) is 2. The lowest BCUT2D eigenvalue weighted by Crippen LogP contribution is -2.17. The molecule has 1 amide bonds. The van der Waals surface area contributed by atoms with Gasteiger partial charge in [0.05, 0.1) is 0 Å². The van der Waals surface area contributed by atoms with Gasteiger partial charge in [0, 0.05) is 22.9 Å². The fourth-order valence-electron chi connectivity index (χ4n) is 1.82. The predicted molar refractivity (Wildman–Crippen MR) is 92.2 cm³/mol. The Balaban J connectivity index is 2.10. The van der Waals surface area contributed by atoms with Gasteiger partial charge < -0.3 is 10.6 Å². The van der Waals surface area contributed by atoms with Crippen LogP contribution in [0.3, 0.4) is 0 Å². The molecular weight excluding hydrogens is 344 g/mol. The summed E-state index contributed by atoms with van der Waals surface area (Å²) in [7, 11) is 0. The van der Waals surface area contributed by atoms with Crippen LogP contribution in [0.4, 0.5) is 11.6 Å². The van der Waals surface area contributed by atoms with E-state index < -0.39 is 0 Å². The van der Waals surface area contributed by atoms with Gasteiger partial charge in [-0.15, -0.1) is 0 Å². The number of hydrogen-bond donors (Lipinski definition) is 2. The van der Waals surface area contributed by atoms with E-state index in [9.17, 15) is 4.79 Å². The van der Waals surface area contributed by atoms with Gasteiger partial charge in [-0.1, -0.05) is 29.8 Å². The second-order valence-corrected chi connectivity index (χ2v) is 6.37. The van der Waals surface area contributed by atoms with Crippen molar-refractivity contribution in [2.24, 2.45) is 5.92 Å². The van der Waals surface area contributed by atoms with Gasteiger partial charge in [0.1, 0.15) is 5.69 Å². The largest absolute Gasteiger partial charge is 0.354 e. The first-order chi connectivity index (χ1) is 10.5. The topological polar surface area (TPSA) is 66.9 Å². The highest BCUT2D eigenvalue weighted by atomic mass is 79.9. The van der Waals surface area contributed by atoms with E-state index in [-0.39, 0.29) is 5.91 Å². The Bertz CT molecular complexity index is 673. The van der Waals surface area contributed by atoms with Crippen LogP contribution in [0, 0.1) is 12.8 Å². The van der Waals surface area contributed by atoms with Crippen LogP contribution in [-0.4, -0.2) is 22.4 Å². The number of halogens is 1. The minimum absolute atomic E-state index is 0.250. The van der Waals surface area contributed by atoms with Crippen molar-refractivity contribution in [2.45, 2.75) is 20.8 Å². The Kier molecular flexibility index (Phi) is 5.49. The molecule has 0 saturated heterocycles. The highest BCUT2D eigenvalue weighted by Gasteiger charge is 2.10. The molecule has 0 unspecified atom stereocenters. The zero-order chi connectivity index (χ0) is 16.1. The lowest BCUT2D eigenvalue weighted by Gasteiger charge is -2.10. The number of aryl methyl sites for hydroxylation is 1. The van der Waals surface area contributed by atoms with Gasteiger partial charge in [-0.3, -0.25) is 4.79 Å². The van der Waals surface area contributed by atoms with E-state index in [0.29, 0.717) is 17.6 Å². The van der Waals surface area contributed by atoms with Crippen LogP contribution in [0.15, 0.2) is 34.9 Å². The molecular formula is C16H19BrN4O. The first-order valence-corrected chi connectivity index (χ1v) is 7.89. The number of amides is 1. The lowest BCUT2D eigenvalue weighted by molar-refractivity contribution is 0.102. The van der Waals surface area contributed by atoms with E-state index in [2.05, 4.69) is 50.4 Å². The van der Waals surface area contributed by atoms with E-state index in [1.54, 1.807) is 12.3 Å². The molecule has 1 heterocycles. The van der Waals surface area contributed by atoms with Gasteiger partial charge in [0.15, 0.2) is 0 Å². The van der Waals surface area contributed by atoms with E-state index in [0.717, 1.165) is 22.3 Å². The first kappa shape index (κ1) is 16.4. The maximum absolute atomic E-state index is 12.3. The van der Waals surface area contributed by atoms with E-state index in [1.165, 1.54) is 0 Å². The van der Waals surface area contributed by atoms with Crippen molar-refractivity contribution in [3.63, 3.8) is 0 Å². The van der Waals surface area contributed by atoms with Crippen LogP contribution in [0.2, 0.25) is 0 Å². The minimum Gasteiger partial charge on any atom is -0.354 e. The molecule has 6 heteroatoms. The average Bonchev–Trinajstić information content (AvgIpc) is 2.48. The van der Waals surface area contributed by atoms with Crippen molar-refractivity contribution in [2.75, 3.05) is 17.2 Å². The van der Waals surface area contributed by atoms with Gasteiger partial charge in [-0.25, -0.2) is 9.97 Å². The SMILES string of the molecule is Cc1cc(Br)ccc1NC(=O)c1ccnc(NCC(C)C)n1. The van der Waals surface area contributed by atoms with Crippen LogP contribution in [0.1, 0.15) is 29.9 Å². The summed E-state index contributed by atoms with van der Waals surface area (Å²) in [6.45, 7) is 6.90. The zero-order valence-corrected chi connectivity index (χ0v) is 14.4. The van der Waals surface area contributed by atoms with Crippen molar-refractivity contribution < 1.29 is 4.79 Å². The summed E-state index contributed by atoms with van der Waals surface area (Å²) in [6, 6.07) is 7.30. The summed E-state index contributed by atoms with van der Waals surface area (Å²) in [4.78, 5) is 20.7. The molecule has 0 aliphatic rings. The summed E-state index contributed by atoms with van der Waals surface area (Å²) < 4.78 is 0.977. The summed E-state index contributed by atoms with van der Waals surface area (Å²) >= 11 is 3.40. The van der Waals surface area contributed by atoms with Crippen molar-refractivity contribution in [1.82, 2.24) is 9.97 Å². The van der Waals surface area contributed by atoms with Crippen LogP contribution in [0.5, 0.6) is 0 Å². The number of benzene rings is 1. The van der Waals surface area contributed by atoms with E-state index in [4.69, 9.17) is 0 Å². The quantitative estimate of drug-likeness (QED) is 0.846. The van der Waals surface area contributed by atoms with Crippen molar-refractivity contribution in [1.29, 1.82) is 0 Å². The molecule has 116 valence electrons. The summed E-state index contributed by atoms with van der Waals surface area (Å²) in [5.41, 5.74) is 2.09. The smallest absolute Gasteiger partial charge is 0.274 e. The number of rotatable bonds is 5. The van der Waals surface area contributed by atoms with E-state index >= 15 is 0 Å². The van der Waals surface area contributed by atoms with Gasteiger partial charge in [-0.2, -0.15) is 0 Å². The van der Waals surface area contributed by atoms with Gasteiger partial charge in [0.2, 0.25) is 5.95 Å². The number of anilines is 2. The Morgan fingerprint density at radius 2 is 2.09 bits per heavy atom. The Morgan fingerprint density at radius 3 is 2.77 bits per heavy atom. The normalized spacial score (nSPS) is 10.6. The number of hydrogen-bond acceptors (Lipinski definition) is 4. The van der Waals surface area contributed by atoms with Crippen molar-refractivity contribution in [3.05, 3.63) is 46.2 Å². The Morgan fingerprint density at radius 1 is 1.32 bits per heavy atom. The molecule has 1 aromatic carbocycles. The van der Waals surface area contributed by atoms with Crippen molar-refractivity contribution >= 4 is 33.5 Å². The standard InChI is InChI=1S/C16H19BrN4O/c1-10(2)9-19-16-18-7-6-14(21-16)15(22)20-13-5-4-12(17)8-11(13)3/h4-8,10H,9H2,1-3H3,(H,20,22)(H,18,19,21). The molecule has 1 aromatic heterocycles. The molecule has 0 aliphatic carbocycles. The van der Waals surface area contributed by atoms with Crippen LogP contribution in [0.25, 0.3) is 0 Å². The van der Waals surface area contributed by atoms with Gasteiger partial charge in [-0.05, 0) is 42.7 Å². The molecule has 0 saturated carbocycles. The molecule has 2 N–H and O–H groups in total. The maximum atomic E-state index is 12.3. The summed E-state index contributed by atoms with van der Waals surface area (Å²) in [5.74, 6) is 0.695. The predicted octanol–water partition coefficient (Wildman–Crippen LogP) is 3.87. The second kappa shape index (κ2) is 7.35. The Hall–Kier alpha value is -1.95. The van der Waals surface area contributed by atoms with Crippen LogP contribution < -0.4 is 10.6 Å². The summed E-state index contributed by atoms with van der Waals surface area (Å²) in [5, 5.41) is 5.98. The molecule has 2 rings (SSSR count). The Labute approximate surface area is 138 Å². The molecule has 5 nitrogen and oxygen atoms in total. The zero-order valence-electron chi connectivity index (χ0n) is 12.9. The fourth-order valence-corrected chi connectivity index (χ4v) is 2.29. The van der Waals surface area contributed by atoms with Gasteiger partial charge >= 0.3 is 0 Å².